The zero-order chi connectivity index (χ0) is 21.0. The molecule has 9 nitrogen and oxygen atoms in total. The van der Waals surface area contributed by atoms with Crippen LogP contribution in [0.4, 0.5) is 23.3 Å². The molecule has 1 amide bonds. The van der Waals surface area contributed by atoms with Crippen molar-refractivity contribution in [2.24, 2.45) is 0 Å². The van der Waals surface area contributed by atoms with Crippen LogP contribution in [0, 0.1) is 0 Å². The number of aromatic nitrogens is 4. The normalized spacial score (nSPS) is 16.8. The van der Waals surface area contributed by atoms with Crippen molar-refractivity contribution >= 4 is 29.7 Å². The largest absolute Gasteiger partial charge is 0.338 e. The molecule has 9 heteroatoms. The lowest BCUT2D eigenvalue weighted by Crippen LogP contribution is -2.46. The van der Waals surface area contributed by atoms with E-state index in [0.29, 0.717) is 12.3 Å². The number of anilines is 4. The minimum absolute atomic E-state index is 0.645. The predicted molar refractivity (Wildman–Crippen MR) is 119 cm³/mol. The molecular weight excluding hydrogens is 392 g/mol. The number of nitrogens with one attached hydrogen (secondary N) is 3. The first-order valence-corrected chi connectivity index (χ1v) is 10.7. The van der Waals surface area contributed by atoms with Gasteiger partial charge in [0.1, 0.15) is 5.82 Å². The van der Waals surface area contributed by atoms with E-state index in [9.17, 15) is 4.79 Å². The van der Waals surface area contributed by atoms with E-state index in [-0.39, 0.29) is 0 Å². The maximum absolute atomic E-state index is 10.5. The zero-order valence-corrected chi connectivity index (χ0v) is 17.3. The SMILES string of the molecule is O=CNc1ccc(CN2CCN(c3nccc(Nc4cc(C5CC5)[nH]n4)n3)CC2)cc1. The highest BCUT2D eigenvalue weighted by Gasteiger charge is 2.25. The average molecular weight is 419 g/mol. The van der Waals surface area contributed by atoms with Gasteiger partial charge in [0.15, 0.2) is 5.82 Å². The number of benzene rings is 1. The molecule has 31 heavy (non-hydrogen) atoms. The van der Waals surface area contributed by atoms with E-state index >= 15 is 0 Å². The Balaban J connectivity index is 1.15. The van der Waals surface area contributed by atoms with Crippen LogP contribution >= 0.6 is 0 Å². The summed E-state index contributed by atoms with van der Waals surface area (Å²) in [5.74, 6) is 2.94. The third-order valence-electron chi connectivity index (χ3n) is 5.75. The van der Waals surface area contributed by atoms with Gasteiger partial charge < -0.3 is 15.5 Å². The van der Waals surface area contributed by atoms with Crippen molar-refractivity contribution in [2.45, 2.75) is 25.3 Å². The molecule has 0 atom stereocenters. The topological polar surface area (TPSA) is 102 Å². The van der Waals surface area contributed by atoms with E-state index in [1.165, 1.54) is 24.1 Å². The highest BCUT2D eigenvalue weighted by molar-refractivity contribution is 5.71. The number of piperazine rings is 1. The van der Waals surface area contributed by atoms with Crippen molar-refractivity contribution in [2.75, 3.05) is 41.7 Å². The fourth-order valence-electron chi connectivity index (χ4n) is 3.84. The molecule has 3 heterocycles. The van der Waals surface area contributed by atoms with Gasteiger partial charge in [-0.05, 0) is 36.6 Å². The Morgan fingerprint density at radius 1 is 1.06 bits per heavy atom. The Hall–Kier alpha value is -3.46. The van der Waals surface area contributed by atoms with Crippen LogP contribution < -0.4 is 15.5 Å². The first-order chi connectivity index (χ1) is 15.3. The second kappa shape index (κ2) is 8.73. The molecule has 2 aromatic heterocycles. The summed E-state index contributed by atoms with van der Waals surface area (Å²) in [5, 5.41) is 13.4. The number of rotatable bonds is 8. The van der Waals surface area contributed by atoms with E-state index in [2.05, 4.69) is 53.8 Å². The lowest BCUT2D eigenvalue weighted by molar-refractivity contribution is -0.105. The maximum atomic E-state index is 10.5. The fourth-order valence-corrected chi connectivity index (χ4v) is 3.84. The minimum Gasteiger partial charge on any atom is -0.338 e. The first kappa shape index (κ1) is 19.5. The van der Waals surface area contributed by atoms with Gasteiger partial charge >= 0.3 is 0 Å². The quantitative estimate of drug-likeness (QED) is 0.484. The second-order valence-corrected chi connectivity index (χ2v) is 8.07. The molecule has 5 rings (SSSR count). The summed E-state index contributed by atoms with van der Waals surface area (Å²) in [6.07, 6.45) is 4.98. The summed E-state index contributed by atoms with van der Waals surface area (Å²) < 4.78 is 0. The fraction of sp³-hybridized carbons (Fsp3) is 0.364. The molecular formula is C22H26N8O. The van der Waals surface area contributed by atoms with Crippen LogP contribution in [0.1, 0.15) is 30.0 Å². The molecule has 0 spiro atoms. The first-order valence-electron chi connectivity index (χ1n) is 10.7. The molecule has 2 aliphatic rings. The number of carbonyl (C=O) groups is 1. The van der Waals surface area contributed by atoms with Crippen molar-refractivity contribution in [3.63, 3.8) is 0 Å². The third-order valence-corrected chi connectivity index (χ3v) is 5.75. The van der Waals surface area contributed by atoms with Crippen LogP contribution in [-0.2, 0) is 11.3 Å². The standard InChI is InChI=1S/C22H26N8O/c31-15-24-18-5-1-16(2-6-18)14-29-9-11-30(12-10-29)22-23-8-7-20(26-22)25-21-13-19(27-28-21)17-3-4-17/h1-2,5-8,13,15,17H,3-4,9-12,14H2,(H,24,31)(H2,23,25,26,27,28). The molecule has 3 aromatic rings. The molecule has 0 unspecified atom stereocenters. The Bertz CT molecular complexity index is 1020. The summed E-state index contributed by atoms with van der Waals surface area (Å²) in [4.78, 5) is 24.3. The van der Waals surface area contributed by atoms with Gasteiger partial charge in [-0.15, -0.1) is 0 Å². The van der Waals surface area contributed by atoms with Crippen LogP contribution in [0.25, 0.3) is 0 Å². The number of H-pyrrole nitrogens is 1. The maximum Gasteiger partial charge on any atom is 0.227 e. The number of amides is 1. The van der Waals surface area contributed by atoms with Crippen LogP contribution in [-0.4, -0.2) is 57.7 Å². The van der Waals surface area contributed by atoms with Gasteiger partial charge in [-0.1, -0.05) is 12.1 Å². The Morgan fingerprint density at radius 3 is 2.61 bits per heavy atom. The number of aromatic amines is 1. The van der Waals surface area contributed by atoms with Crippen molar-refractivity contribution in [1.29, 1.82) is 0 Å². The smallest absolute Gasteiger partial charge is 0.227 e. The molecule has 2 fully saturated rings. The molecule has 0 radical (unpaired) electrons. The molecule has 1 aliphatic carbocycles. The predicted octanol–water partition coefficient (Wildman–Crippen LogP) is 2.71. The number of hydrogen-bond donors (Lipinski definition) is 3. The number of carbonyl (C=O) groups excluding carboxylic acids is 1. The van der Waals surface area contributed by atoms with Crippen molar-refractivity contribution in [1.82, 2.24) is 25.1 Å². The summed E-state index contributed by atoms with van der Waals surface area (Å²) in [6, 6.07) is 11.9. The van der Waals surface area contributed by atoms with Crippen molar-refractivity contribution in [3.8, 4) is 0 Å². The molecule has 1 aromatic carbocycles. The third kappa shape index (κ3) is 4.83. The Labute approximate surface area is 180 Å². The summed E-state index contributed by atoms with van der Waals surface area (Å²) in [7, 11) is 0. The van der Waals surface area contributed by atoms with Crippen LogP contribution in [0.3, 0.4) is 0 Å². The van der Waals surface area contributed by atoms with Crippen molar-refractivity contribution in [3.05, 3.63) is 53.9 Å². The second-order valence-electron chi connectivity index (χ2n) is 8.07. The highest BCUT2D eigenvalue weighted by Crippen LogP contribution is 2.39. The number of hydrogen-bond acceptors (Lipinski definition) is 7. The van der Waals surface area contributed by atoms with E-state index in [0.717, 1.165) is 56.0 Å². The van der Waals surface area contributed by atoms with Gasteiger partial charge in [0, 0.05) is 62.3 Å². The van der Waals surface area contributed by atoms with Gasteiger partial charge in [-0.25, -0.2) is 4.98 Å². The van der Waals surface area contributed by atoms with Gasteiger partial charge in [-0.2, -0.15) is 10.1 Å². The molecule has 0 bridgehead atoms. The van der Waals surface area contributed by atoms with Crippen LogP contribution in [0.2, 0.25) is 0 Å². The van der Waals surface area contributed by atoms with Crippen LogP contribution in [0.5, 0.6) is 0 Å². The highest BCUT2D eigenvalue weighted by atomic mass is 16.1. The van der Waals surface area contributed by atoms with Gasteiger partial charge in [-0.3, -0.25) is 14.8 Å². The number of nitrogens with zero attached hydrogens (tertiary/aromatic N) is 5. The monoisotopic (exact) mass is 418 g/mol. The summed E-state index contributed by atoms with van der Waals surface area (Å²) in [5.41, 5.74) is 3.24. The van der Waals surface area contributed by atoms with E-state index < -0.39 is 0 Å². The molecule has 1 aliphatic heterocycles. The Kier molecular flexibility index (Phi) is 5.49. The van der Waals surface area contributed by atoms with Gasteiger partial charge in [0.2, 0.25) is 12.4 Å². The average Bonchev–Trinajstić information content (AvgIpc) is 3.55. The Morgan fingerprint density at radius 2 is 1.87 bits per heavy atom. The minimum atomic E-state index is 0.645. The van der Waals surface area contributed by atoms with E-state index in [4.69, 9.17) is 4.98 Å². The van der Waals surface area contributed by atoms with E-state index in [1.54, 1.807) is 6.20 Å². The summed E-state index contributed by atoms with van der Waals surface area (Å²) in [6.45, 7) is 4.53. The summed E-state index contributed by atoms with van der Waals surface area (Å²) >= 11 is 0. The lowest BCUT2D eigenvalue weighted by atomic mass is 10.2. The van der Waals surface area contributed by atoms with Gasteiger partial charge in [0.05, 0.1) is 0 Å². The van der Waals surface area contributed by atoms with Crippen LogP contribution in [0.15, 0.2) is 42.6 Å². The molecule has 1 saturated carbocycles. The van der Waals surface area contributed by atoms with Gasteiger partial charge in [0.25, 0.3) is 0 Å². The molecule has 3 N–H and O–H groups in total. The van der Waals surface area contributed by atoms with Crippen molar-refractivity contribution < 1.29 is 4.79 Å². The molecule has 1 saturated heterocycles. The molecule has 160 valence electrons. The van der Waals surface area contributed by atoms with E-state index in [1.807, 2.05) is 18.2 Å². The zero-order valence-electron chi connectivity index (χ0n) is 17.3. The lowest BCUT2D eigenvalue weighted by Gasteiger charge is -2.34.